The van der Waals surface area contributed by atoms with Gasteiger partial charge in [-0.25, -0.2) is 9.59 Å². The number of esters is 1. The molecule has 0 saturated carbocycles. The molecule has 0 radical (unpaired) electrons. The van der Waals surface area contributed by atoms with Crippen molar-refractivity contribution in [1.82, 2.24) is 15.5 Å². The number of unbranched alkanes of at least 4 members (excludes halogenated alkanes) is 5. The molecule has 2 N–H and O–H groups in total. The maximum atomic E-state index is 14.3. The number of ether oxygens (including phenoxy) is 2. The minimum atomic E-state index is -1.06. The largest absolute Gasteiger partial charge is 0.458 e. The minimum absolute atomic E-state index is 0.213. The van der Waals surface area contributed by atoms with Gasteiger partial charge in [-0.05, 0) is 66.0 Å². The molecule has 0 bridgehead atoms. The Hall–Kier alpha value is -3.88. The maximum absolute atomic E-state index is 14.3. The van der Waals surface area contributed by atoms with E-state index in [1.54, 1.807) is 72.7 Å². The zero-order valence-corrected chi connectivity index (χ0v) is 29.1. The average molecular weight is 638 g/mol. The van der Waals surface area contributed by atoms with Crippen LogP contribution in [0.25, 0.3) is 0 Å². The van der Waals surface area contributed by atoms with Crippen LogP contribution in [0.2, 0.25) is 0 Å². The zero-order valence-electron chi connectivity index (χ0n) is 29.1. The summed E-state index contributed by atoms with van der Waals surface area (Å²) in [6.45, 7) is 14.6. The van der Waals surface area contributed by atoms with Crippen molar-refractivity contribution in [1.29, 1.82) is 0 Å². The second-order valence-corrected chi connectivity index (χ2v) is 13.8. The van der Waals surface area contributed by atoms with Crippen molar-refractivity contribution >= 4 is 23.9 Å². The van der Waals surface area contributed by atoms with Crippen molar-refractivity contribution in [2.75, 3.05) is 6.54 Å². The molecular weight excluding hydrogens is 582 g/mol. The summed E-state index contributed by atoms with van der Waals surface area (Å²) in [5, 5.41) is 5.57. The minimum Gasteiger partial charge on any atom is -0.458 e. The molecule has 9 heteroatoms. The summed E-state index contributed by atoms with van der Waals surface area (Å²) in [6, 6.07) is 15.4. The molecule has 3 atom stereocenters. The quantitative estimate of drug-likeness (QED) is 0.153. The van der Waals surface area contributed by atoms with Crippen LogP contribution in [0.15, 0.2) is 60.7 Å². The van der Waals surface area contributed by atoms with Crippen LogP contribution in [0.3, 0.4) is 0 Å². The van der Waals surface area contributed by atoms with Crippen LogP contribution in [-0.2, 0) is 30.3 Å². The van der Waals surface area contributed by atoms with Gasteiger partial charge in [0.25, 0.3) is 0 Å². The number of alkyl carbamates (subject to hydrolysis) is 1. The van der Waals surface area contributed by atoms with Crippen LogP contribution in [-0.4, -0.2) is 58.6 Å². The van der Waals surface area contributed by atoms with Gasteiger partial charge in [0.1, 0.15) is 29.3 Å². The highest BCUT2D eigenvalue weighted by Crippen LogP contribution is 2.25. The summed E-state index contributed by atoms with van der Waals surface area (Å²) in [4.78, 5) is 56.0. The Morgan fingerprint density at radius 1 is 0.739 bits per heavy atom. The normalized spacial score (nSPS) is 13.6. The van der Waals surface area contributed by atoms with Gasteiger partial charge < -0.3 is 25.0 Å². The smallest absolute Gasteiger partial charge is 0.408 e. The van der Waals surface area contributed by atoms with E-state index in [0.717, 1.165) is 37.7 Å². The van der Waals surface area contributed by atoms with Crippen molar-refractivity contribution in [3.63, 3.8) is 0 Å². The van der Waals surface area contributed by atoms with Gasteiger partial charge in [0.05, 0.1) is 0 Å². The molecule has 0 spiro atoms. The molecule has 3 amide bonds. The first-order valence-corrected chi connectivity index (χ1v) is 16.5. The van der Waals surface area contributed by atoms with E-state index < -0.39 is 53.2 Å². The van der Waals surface area contributed by atoms with Crippen molar-refractivity contribution in [2.24, 2.45) is 0 Å². The third-order valence-electron chi connectivity index (χ3n) is 7.11. The van der Waals surface area contributed by atoms with E-state index in [2.05, 4.69) is 17.6 Å². The van der Waals surface area contributed by atoms with Gasteiger partial charge in [-0.15, -0.1) is 0 Å². The van der Waals surface area contributed by atoms with Crippen LogP contribution in [0, 0.1) is 0 Å². The first-order valence-electron chi connectivity index (χ1n) is 16.5. The lowest BCUT2D eigenvalue weighted by atomic mass is 10.0. The number of rotatable bonds is 16. The number of carbonyl (C=O) groups excluding carboxylic acids is 4. The Labute approximate surface area is 275 Å². The lowest BCUT2D eigenvalue weighted by Crippen LogP contribution is -2.54. The van der Waals surface area contributed by atoms with Crippen LogP contribution in [0.4, 0.5) is 4.79 Å². The molecule has 0 heterocycles. The molecule has 0 aliphatic rings. The predicted molar refractivity (Wildman–Crippen MR) is 181 cm³/mol. The Morgan fingerprint density at radius 3 is 1.85 bits per heavy atom. The highest BCUT2D eigenvalue weighted by Gasteiger charge is 2.37. The van der Waals surface area contributed by atoms with Crippen molar-refractivity contribution < 1.29 is 28.7 Å². The molecule has 2 aromatic carbocycles. The summed E-state index contributed by atoms with van der Waals surface area (Å²) in [7, 11) is 0. The molecule has 2 aromatic rings. The van der Waals surface area contributed by atoms with Gasteiger partial charge in [0.2, 0.25) is 11.8 Å². The lowest BCUT2D eigenvalue weighted by molar-refractivity contribution is -0.159. The van der Waals surface area contributed by atoms with Crippen molar-refractivity contribution in [3.05, 3.63) is 71.8 Å². The maximum Gasteiger partial charge on any atom is 0.408 e. The average Bonchev–Trinajstić information content (AvgIpc) is 2.96. The fourth-order valence-electron chi connectivity index (χ4n) is 5.00. The Balaban J connectivity index is 2.47. The SMILES string of the molecule is CCCCCCCCN(C(=O)C(C)NC(=O)OC(C)(C)C)C(C(=O)NC(Cc1ccccc1)C(=O)OC(C)(C)C)c1ccccc1. The van der Waals surface area contributed by atoms with Gasteiger partial charge in [-0.1, -0.05) is 99.7 Å². The molecule has 3 unspecified atom stereocenters. The van der Waals surface area contributed by atoms with Crippen LogP contribution < -0.4 is 10.6 Å². The van der Waals surface area contributed by atoms with E-state index in [1.807, 2.05) is 36.4 Å². The van der Waals surface area contributed by atoms with Crippen molar-refractivity contribution in [2.45, 2.75) is 130 Å². The summed E-state index contributed by atoms with van der Waals surface area (Å²) in [5.74, 6) is -1.51. The Bertz CT molecular complexity index is 1240. The molecule has 0 aliphatic heterocycles. The molecule has 0 saturated heterocycles. The number of nitrogens with zero attached hydrogens (tertiary/aromatic N) is 1. The first kappa shape index (κ1) is 38.3. The number of nitrogens with one attached hydrogen (secondary N) is 2. The molecule has 46 heavy (non-hydrogen) atoms. The van der Waals surface area contributed by atoms with Crippen LogP contribution >= 0.6 is 0 Å². The van der Waals surface area contributed by atoms with E-state index in [1.165, 1.54) is 4.90 Å². The Kier molecular flexibility index (Phi) is 15.2. The van der Waals surface area contributed by atoms with Crippen molar-refractivity contribution in [3.8, 4) is 0 Å². The molecule has 9 nitrogen and oxygen atoms in total. The third kappa shape index (κ3) is 14.0. The molecule has 0 aromatic heterocycles. The molecule has 2 rings (SSSR count). The Morgan fingerprint density at radius 2 is 1.28 bits per heavy atom. The summed E-state index contributed by atoms with van der Waals surface area (Å²) < 4.78 is 11.1. The molecular formula is C37H55N3O6. The molecule has 254 valence electrons. The first-order chi connectivity index (χ1) is 21.6. The van der Waals surface area contributed by atoms with Gasteiger partial charge >= 0.3 is 12.1 Å². The van der Waals surface area contributed by atoms with E-state index in [-0.39, 0.29) is 13.0 Å². The standard InChI is InChI=1S/C37H55N3O6/c1-9-10-11-12-13-20-25-40(33(42)27(2)38-35(44)46-37(6,7)8)31(29-23-18-15-19-24-29)32(41)39-30(34(43)45-36(3,4)5)26-28-21-16-14-17-22-28/h14-19,21-24,27,30-31H,9-13,20,25-26H2,1-8H3,(H,38,44)(H,39,41). The van der Waals surface area contributed by atoms with Gasteiger partial charge in [-0.2, -0.15) is 0 Å². The van der Waals surface area contributed by atoms with E-state index >= 15 is 0 Å². The zero-order chi connectivity index (χ0) is 34.3. The number of carbonyl (C=O) groups is 4. The fraction of sp³-hybridized carbons (Fsp3) is 0.568. The highest BCUT2D eigenvalue weighted by molar-refractivity contribution is 5.93. The van der Waals surface area contributed by atoms with E-state index in [0.29, 0.717) is 12.0 Å². The summed E-state index contributed by atoms with van der Waals surface area (Å²) in [5.41, 5.74) is -0.0676. The van der Waals surface area contributed by atoms with Gasteiger partial charge in [-0.3, -0.25) is 9.59 Å². The number of benzene rings is 2. The molecule has 0 aliphatic carbocycles. The summed E-state index contributed by atoms with van der Waals surface area (Å²) >= 11 is 0. The second kappa shape index (κ2) is 18.3. The number of amides is 3. The van der Waals surface area contributed by atoms with Crippen LogP contribution in [0.5, 0.6) is 0 Å². The fourth-order valence-corrected chi connectivity index (χ4v) is 5.00. The highest BCUT2D eigenvalue weighted by atomic mass is 16.6. The van der Waals surface area contributed by atoms with Crippen LogP contribution in [0.1, 0.15) is 111 Å². The van der Waals surface area contributed by atoms with E-state index in [9.17, 15) is 19.2 Å². The second-order valence-electron chi connectivity index (χ2n) is 13.8. The van der Waals surface area contributed by atoms with Gasteiger partial charge in [0, 0.05) is 13.0 Å². The monoisotopic (exact) mass is 637 g/mol. The topological polar surface area (TPSA) is 114 Å². The van der Waals surface area contributed by atoms with Gasteiger partial charge in [0.15, 0.2) is 0 Å². The number of hydrogen-bond acceptors (Lipinski definition) is 6. The lowest BCUT2D eigenvalue weighted by Gasteiger charge is -2.34. The third-order valence-corrected chi connectivity index (χ3v) is 7.11. The predicted octanol–water partition coefficient (Wildman–Crippen LogP) is 6.90. The number of hydrogen-bond donors (Lipinski definition) is 2. The summed E-state index contributed by atoms with van der Waals surface area (Å²) in [6.07, 6.45) is 5.42. The molecule has 0 fully saturated rings. The van der Waals surface area contributed by atoms with E-state index in [4.69, 9.17) is 9.47 Å².